The van der Waals surface area contributed by atoms with Crippen LogP contribution < -0.4 is 10.6 Å². The van der Waals surface area contributed by atoms with E-state index < -0.39 is 5.97 Å². The monoisotopic (exact) mass is 266 g/mol. The van der Waals surface area contributed by atoms with Crippen molar-refractivity contribution in [3.63, 3.8) is 0 Å². The van der Waals surface area contributed by atoms with E-state index in [1.54, 1.807) is 12.1 Å². The van der Waals surface area contributed by atoms with Crippen LogP contribution in [0.1, 0.15) is 42.1 Å². The second kappa shape index (κ2) is 5.88. The zero-order chi connectivity index (χ0) is 13.8. The Bertz CT molecular complexity index is 469. The molecule has 0 aromatic carbocycles. The van der Waals surface area contributed by atoms with Crippen molar-refractivity contribution in [2.75, 3.05) is 13.7 Å². The molecule has 6 heteroatoms. The van der Waals surface area contributed by atoms with Crippen molar-refractivity contribution in [3.05, 3.63) is 23.7 Å². The zero-order valence-corrected chi connectivity index (χ0v) is 11.1. The van der Waals surface area contributed by atoms with E-state index in [0.29, 0.717) is 18.7 Å². The molecule has 2 rings (SSSR count). The summed E-state index contributed by atoms with van der Waals surface area (Å²) in [6, 6.07) is 3.48. The standard InChI is InChI=1S/C13H18N2O4/c1-8(14-7-9-3-6-12(16)15-9)10-4-5-11(19-10)13(17)18-2/h4-5,8-9,14H,3,6-7H2,1-2H3,(H,15,16). The van der Waals surface area contributed by atoms with E-state index in [4.69, 9.17) is 4.42 Å². The van der Waals surface area contributed by atoms with Gasteiger partial charge in [0.15, 0.2) is 0 Å². The van der Waals surface area contributed by atoms with Crippen molar-refractivity contribution in [1.82, 2.24) is 10.6 Å². The highest BCUT2D eigenvalue weighted by molar-refractivity contribution is 5.86. The molecule has 0 aliphatic carbocycles. The SMILES string of the molecule is COC(=O)c1ccc(C(C)NCC2CCC(=O)N2)o1. The number of carbonyl (C=O) groups excluding carboxylic acids is 2. The summed E-state index contributed by atoms with van der Waals surface area (Å²) in [5.41, 5.74) is 0. The molecule has 104 valence electrons. The molecule has 1 amide bonds. The Kier molecular flexibility index (Phi) is 4.21. The van der Waals surface area contributed by atoms with Crippen molar-refractivity contribution < 1.29 is 18.7 Å². The molecule has 1 aliphatic rings. The van der Waals surface area contributed by atoms with Gasteiger partial charge in [0.05, 0.1) is 13.2 Å². The summed E-state index contributed by atoms with van der Waals surface area (Å²) in [5.74, 6) is 0.483. The van der Waals surface area contributed by atoms with Gasteiger partial charge in [-0.2, -0.15) is 0 Å². The van der Waals surface area contributed by atoms with Gasteiger partial charge in [0.25, 0.3) is 0 Å². The molecule has 6 nitrogen and oxygen atoms in total. The summed E-state index contributed by atoms with van der Waals surface area (Å²) in [5, 5.41) is 6.16. The van der Waals surface area contributed by atoms with Crippen LogP contribution in [0, 0.1) is 0 Å². The fourth-order valence-corrected chi connectivity index (χ4v) is 2.05. The maximum absolute atomic E-state index is 11.3. The van der Waals surface area contributed by atoms with Gasteiger partial charge in [0.2, 0.25) is 11.7 Å². The lowest BCUT2D eigenvalue weighted by atomic mass is 10.2. The second-order valence-electron chi connectivity index (χ2n) is 4.63. The van der Waals surface area contributed by atoms with E-state index in [2.05, 4.69) is 15.4 Å². The summed E-state index contributed by atoms with van der Waals surface area (Å²) < 4.78 is 9.99. The maximum atomic E-state index is 11.3. The van der Waals surface area contributed by atoms with Crippen LogP contribution >= 0.6 is 0 Å². The predicted molar refractivity (Wildman–Crippen MR) is 67.6 cm³/mol. The average Bonchev–Trinajstić information content (AvgIpc) is 3.04. The van der Waals surface area contributed by atoms with E-state index in [1.807, 2.05) is 6.92 Å². The molecule has 19 heavy (non-hydrogen) atoms. The Balaban J connectivity index is 1.85. The van der Waals surface area contributed by atoms with Gasteiger partial charge in [-0.1, -0.05) is 0 Å². The van der Waals surface area contributed by atoms with Gasteiger partial charge >= 0.3 is 5.97 Å². The molecule has 1 aliphatic heterocycles. The largest absolute Gasteiger partial charge is 0.463 e. The van der Waals surface area contributed by atoms with Crippen molar-refractivity contribution in [1.29, 1.82) is 0 Å². The van der Waals surface area contributed by atoms with Crippen molar-refractivity contribution >= 4 is 11.9 Å². The van der Waals surface area contributed by atoms with Gasteiger partial charge in [-0.3, -0.25) is 4.79 Å². The van der Waals surface area contributed by atoms with Crippen LogP contribution in [0.3, 0.4) is 0 Å². The molecule has 2 N–H and O–H groups in total. The maximum Gasteiger partial charge on any atom is 0.373 e. The van der Waals surface area contributed by atoms with Gasteiger partial charge < -0.3 is 19.8 Å². The van der Waals surface area contributed by atoms with Crippen LogP contribution in [0.5, 0.6) is 0 Å². The Morgan fingerprint density at radius 3 is 3.05 bits per heavy atom. The summed E-state index contributed by atoms with van der Waals surface area (Å²) in [6.45, 7) is 2.62. The molecule has 2 unspecified atom stereocenters. The lowest BCUT2D eigenvalue weighted by Gasteiger charge is -2.15. The number of carbonyl (C=O) groups is 2. The minimum Gasteiger partial charge on any atom is -0.463 e. The highest BCUT2D eigenvalue weighted by atomic mass is 16.5. The van der Waals surface area contributed by atoms with E-state index >= 15 is 0 Å². The van der Waals surface area contributed by atoms with Gasteiger partial charge in [-0.05, 0) is 25.5 Å². The number of ether oxygens (including phenoxy) is 1. The Morgan fingerprint density at radius 1 is 1.63 bits per heavy atom. The molecule has 0 saturated carbocycles. The van der Waals surface area contributed by atoms with E-state index in [1.165, 1.54) is 7.11 Å². The molecule has 0 bridgehead atoms. The normalized spacial score (nSPS) is 20.1. The third-order valence-corrected chi connectivity index (χ3v) is 3.20. The Labute approximate surface area is 111 Å². The number of rotatable bonds is 5. The molecular formula is C13H18N2O4. The molecule has 1 fully saturated rings. The van der Waals surface area contributed by atoms with Crippen LogP contribution in [0.15, 0.2) is 16.5 Å². The number of nitrogens with one attached hydrogen (secondary N) is 2. The summed E-state index contributed by atoms with van der Waals surface area (Å²) >= 11 is 0. The van der Waals surface area contributed by atoms with E-state index in [-0.39, 0.29) is 23.8 Å². The lowest BCUT2D eigenvalue weighted by molar-refractivity contribution is -0.119. The topological polar surface area (TPSA) is 80.6 Å². The molecule has 0 radical (unpaired) electrons. The first-order valence-corrected chi connectivity index (χ1v) is 6.31. The van der Waals surface area contributed by atoms with Crippen LogP contribution in [-0.2, 0) is 9.53 Å². The van der Waals surface area contributed by atoms with E-state index in [9.17, 15) is 9.59 Å². The molecule has 2 atom stereocenters. The fraction of sp³-hybridized carbons (Fsp3) is 0.538. The number of furan rings is 1. The van der Waals surface area contributed by atoms with Gasteiger partial charge in [0, 0.05) is 19.0 Å². The predicted octanol–water partition coefficient (Wildman–Crippen LogP) is 0.995. The molecule has 2 heterocycles. The zero-order valence-electron chi connectivity index (χ0n) is 11.1. The quantitative estimate of drug-likeness (QED) is 0.777. The molecule has 1 aromatic heterocycles. The Hall–Kier alpha value is -1.82. The molecule has 1 saturated heterocycles. The number of hydrogen-bond acceptors (Lipinski definition) is 5. The second-order valence-corrected chi connectivity index (χ2v) is 4.63. The third-order valence-electron chi connectivity index (χ3n) is 3.20. The third kappa shape index (κ3) is 3.35. The summed E-state index contributed by atoms with van der Waals surface area (Å²) in [4.78, 5) is 22.3. The number of hydrogen-bond donors (Lipinski definition) is 2. The minimum absolute atomic E-state index is 0.0316. The van der Waals surface area contributed by atoms with Crippen LogP contribution in [0.4, 0.5) is 0 Å². The average molecular weight is 266 g/mol. The highest BCUT2D eigenvalue weighted by Gasteiger charge is 2.22. The van der Waals surface area contributed by atoms with Crippen LogP contribution in [0.25, 0.3) is 0 Å². The Morgan fingerprint density at radius 2 is 2.42 bits per heavy atom. The molecule has 1 aromatic rings. The summed E-state index contributed by atoms with van der Waals surface area (Å²) in [7, 11) is 1.31. The highest BCUT2D eigenvalue weighted by Crippen LogP contribution is 2.17. The first-order valence-electron chi connectivity index (χ1n) is 6.31. The summed E-state index contributed by atoms with van der Waals surface area (Å²) in [6.07, 6.45) is 1.44. The molecular weight excluding hydrogens is 248 g/mol. The first-order chi connectivity index (χ1) is 9.10. The molecule has 0 spiro atoms. The van der Waals surface area contributed by atoms with Crippen LogP contribution in [0.2, 0.25) is 0 Å². The van der Waals surface area contributed by atoms with Crippen molar-refractivity contribution in [3.8, 4) is 0 Å². The number of esters is 1. The van der Waals surface area contributed by atoms with E-state index in [0.717, 1.165) is 6.42 Å². The first kappa shape index (κ1) is 13.6. The number of methoxy groups -OCH3 is 1. The minimum atomic E-state index is -0.485. The lowest BCUT2D eigenvalue weighted by Crippen LogP contribution is -2.36. The van der Waals surface area contributed by atoms with Crippen LogP contribution in [-0.4, -0.2) is 31.6 Å². The van der Waals surface area contributed by atoms with Crippen molar-refractivity contribution in [2.45, 2.75) is 31.8 Å². The smallest absolute Gasteiger partial charge is 0.373 e. The fourth-order valence-electron chi connectivity index (χ4n) is 2.05. The van der Waals surface area contributed by atoms with Gasteiger partial charge in [-0.25, -0.2) is 4.79 Å². The van der Waals surface area contributed by atoms with Crippen molar-refractivity contribution in [2.24, 2.45) is 0 Å². The number of amides is 1. The van der Waals surface area contributed by atoms with Gasteiger partial charge in [-0.15, -0.1) is 0 Å². The van der Waals surface area contributed by atoms with Gasteiger partial charge in [0.1, 0.15) is 5.76 Å².